The van der Waals surface area contributed by atoms with E-state index in [1.807, 2.05) is 23.6 Å². The number of piperidine rings is 1. The zero-order chi connectivity index (χ0) is 19.1. The number of amides is 1. The summed E-state index contributed by atoms with van der Waals surface area (Å²) in [6.07, 6.45) is 6.34. The summed E-state index contributed by atoms with van der Waals surface area (Å²) in [6.45, 7) is 1.74. The molecule has 6 heteroatoms. The summed E-state index contributed by atoms with van der Waals surface area (Å²) in [5.74, 6) is 1.72. The van der Waals surface area contributed by atoms with Crippen molar-refractivity contribution < 1.29 is 4.79 Å². The molecule has 5 rings (SSSR count). The van der Waals surface area contributed by atoms with Crippen molar-refractivity contribution in [1.29, 1.82) is 0 Å². The molecule has 28 heavy (non-hydrogen) atoms. The van der Waals surface area contributed by atoms with Gasteiger partial charge in [-0.1, -0.05) is 6.07 Å². The van der Waals surface area contributed by atoms with Gasteiger partial charge in [-0.25, -0.2) is 4.99 Å². The maximum absolute atomic E-state index is 12.3. The molecule has 3 N–H and O–H groups in total. The minimum Gasteiger partial charge on any atom is -0.383 e. The van der Waals surface area contributed by atoms with Gasteiger partial charge in [0.1, 0.15) is 5.84 Å². The van der Waals surface area contributed by atoms with E-state index in [1.165, 1.54) is 10.9 Å². The largest absolute Gasteiger partial charge is 0.383 e. The van der Waals surface area contributed by atoms with Crippen molar-refractivity contribution in [2.75, 3.05) is 13.1 Å². The van der Waals surface area contributed by atoms with E-state index in [4.69, 9.17) is 5.73 Å². The van der Waals surface area contributed by atoms with E-state index in [-0.39, 0.29) is 0 Å². The van der Waals surface area contributed by atoms with Crippen molar-refractivity contribution in [2.45, 2.75) is 31.6 Å². The van der Waals surface area contributed by atoms with Crippen LogP contribution in [0.1, 0.15) is 42.0 Å². The average molecular weight is 393 g/mol. The summed E-state index contributed by atoms with van der Waals surface area (Å²) in [5, 5.41) is 3.22. The van der Waals surface area contributed by atoms with Gasteiger partial charge in [-0.05, 0) is 66.8 Å². The van der Waals surface area contributed by atoms with Gasteiger partial charge in [0.15, 0.2) is 0 Å². The fourth-order valence-electron chi connectivity index (χ4n) is 4.16. The molecule has 0 spiro atoms. The van der Waals surface area contributed by atoms with Gasteiger partial charge in [0, 0.05) is 36.1 Å². The van der Waals surface area contributed by atoms with Crippen molar-refractivity contribution in [3.05, 3.63) is 52.3 Å². The number of carbonyl (C=O) groups is 1. The maximum atomic E-state index is 12.3. The summed E-state index contributed by atoms with van der Waals surface area (Å²) in [4.78, 5) is 23.4. The third-order valence-corrected chi connectivity index (χ3v) is 6.79. The van der Waals surface area contributed by atoms with Gasteiger partial charge in [0.05, 0.1) is 10.6 Å². The van der Waals surface area contributed by atoms with Gasteiger partial charge in [0.25, 0.3) is 0 Å². The van der Waals surface area contributed by atoms with E-state index < -0.39 is 0 Å². The first-order valence-electron chi connectivity index (χ1n) is 9.97. The van der Waals surface area contributed by atoms with Crippen LogP contribution in [0.5, 0.6) is 0 Å². The predicted molar refractivity (Wildman–Crippen MR) is 114 cm³/mol. The Bertz CT molecular complexity index is 1020. The minimum absolute atomic E-state index is 0.318. The molecule has 144 valence electrons. The van der Waals surface area contributed by atoms with Crippen LogP contribution in [0, 0.1) is 5.92 Å². The Morgan fingerprint density at radius 1 is 1.18 bits per heavy atom. The number of likely N-dealkylation sites (tertiary alicyclic amines) is 1. The van der Waals surface area contributed by atoms with Gasteiger partial charge in [-0.2, -0.15) is 0 Å². The monoisotopic (exact) mass is 392 g/mol. The summed E-state index contributed by atoms with van der Waals surface area (Å²) in [5.41, 5.74) is 9.49. The number of carbonyl (C=O) groups excluding carboxylic acids is 1. The highest BCUT2D eigenvalue weighted by Crippen LogP contribution is 2.37. The molecule has 1 amide bonds. The molecule has 0 radical (unpaired) electrons. The van der Waals surface area contributed by atoms with E-state index in [2.05, 4.69) is 33.2 Å². The minimum atomic E-state index is 0.318. The van der Waals surface area contributed by atoms with Crippen molar-refractivity contribution in [2.24, 2.45) is 16.6 Å². The number of nitrogens with one attached hydrogen (secondary N) is 1. The molecule has 2 fully saturated rings. The topological polar surface area (TPSA) is 74.5 Å². The lowest BCUT2D eigenvalue weighted by molar-refractivity contribution is -0.133. The van der Waals surface area contributed by atoms with Gasteiger partial charge >= 0.3 is 0 Å². The molecule has 2 aromatic heterocycles. The second-order valence-corrected chi connectivity index (χ2v) is 8.77. The Balaban J connectivity index is 1.37. The summed E-state index contributed by atoms with van der Waals surface area (Å²) < 4.78 is 0. The molecule has 0 bridgehead atoms. The predicted octanol–water partition coefficient (Wildman–Crippen LogP) is 4.38. The molecule has 2 aliphatic rings. The van der Waals surface area contributed by atoms with E-state index in [0.717, 1.165) is 54.9 Å². The molecule has 1 saturated carbocycles. The Kier molecular flexibility index (Phi) is 4.43. The first-order valence-corrected chi connectivity index (χ1v) is 10.8. The summed E-state index contributed by atoms with van der Waals surface area (Å²) >= 11 is 1.60. The highest BCUT2D eigenvalue weighted by atomic mass is 32.1. The van der Waals surface area contributed by atoms with Crippen LogP contribution in [-0.4, -0.2) is 34.7 Å². The zero-order valence-corrected chi connectivity index (χ0v) is 16.5. The number of thiophene rings is 1. The molecular formula is C22H24N4OS. The van der Waals surface area contributed by atoms with Gasteiger partial charge < -0.3 is 15.6 Å². The number of aromatic amines is 1. The number of benzene rings is 1. The average Bonchev–Trinajstić information content (AvgIpc) is 3.25. The second-order valence-electron chi connectivity index (χ2n) is 7.82. The van der Waals surface area contributed by atoms with Crippen LogP contribution < -0.4 is 5.73 Å². The molecule has 1 aliphatic heterocycles. The summed E-state index contributed by atoms with van der Waals surface area (Å²) in [6, 6.07) is 10.2. The third kappa shape index (κ3) is 3.33. The lowest BCUT2D eigenvalue weighted by Crippen LogP contribution is -2.38. The Morgan fingerprint density at radius 2 is 2.00 bits per heavy atom. The number of H-pyrrole nitrogens is 1. The number of nitrogens with two attached hydrogens (primary N) is 1. The number of hydrogen-bond acceptors (Lipinski definition) is 3. The molecule has 1 saturated heterocycles. The number of aromatic nitrogens is 1. The van der Waals surface area contributed by atoms with E-state index in [1.54, 1.807) is 11.3 Å². The highest BCUT2D eigenvalue weighted by molar-refractivity contribution is 7.12. The zero-order valence-electron chi connectivity index (χ0n) is 15.7. The second kappa shape index (κ2) is 7.09. The summed E-state index contributed by atoms with van der Waals surface area (Å²) in [7, 11) is 0. The molecule has 3 heterocycles. The highest BCUT2D eigenvalue weighted by Gasteiger charge is 2.35. The fourth-order valence-corrected chi connectivity index (χ4v) is 4.78. The SMILES string of the molecule is NC(=Nc1ccc2[nH]cc(C3CCN(C(=O)C4CC4)CC3)c2c1)c1cccs1. The van der Waals surface area contributed by atoms with Crippen LogP contribution in [0.3, 0.4) is 0 Å². The maximum Gasteiger partial charge on any atom is 0.225 e. The Hall–Kier alpha value is -2.60. The quantitative estimate of drug-likeness (QED) is 0.511. The molecule has 5 nitrogen and oxygen atoms in total. The van der Waals surface area contributed by atoms with Crippen molar-refractivity contribution in [3.8, 4) is 0 Å². The van der Waals surface area contributed by atoms with Crippen molar-refractivity contribution >= 4 is 39.7 Å². The molecule has 1 aromatic carbocycles. The van der Waals surface area contributed by atoms with Gasteiger partial charge in [-0.15, -0.1) is 11.3 Å². The fraction of sp³-hybridized carbons (Fsp3) is 0.364. The lowest BCUT2D eigenvalue weighted by atomic mass is 9.89. The van der Waals surface area contributed by atoms with Crippen molar-refractivity contribution in [3.63, 3.8) is 0 Å². The van der Waals surface area contributed by atoms with Crippen LogP contribution >= 0.6 is 11.3 Å². The number of amidine groups is 1. The Morgan fingerprint density at radius 3 is 2.71 bits per heavy atom. The number of hydrogen-bond donors (Lipinski definition) is 2. The van der Waals surface area contributed by atoms with E-state index in [0.29, 0.717) is 23.6 Å². The molecule has 1 aliphatic carbocycles. The van der Waals surface area contributed by atoms with E-state index >= 15 is 0 Å². The molecule has 3 aromatic rings. The first-order chi connectivity index (χ1) is 13.7. The van der Waals surface area contributed by atoms with Gasteiger partial charge in [0.2, 0.25) is 5.91 Å². The van der Waals surface area contributed by atoms with Crippen LogP contribution in [0.15, 0.2) is 46.9 Å². The smallest absolute Gasteiger partial charge is 0.225 e. The standard InChI is InChI=1S/C22H24N4OS/c23-21(20-2-1-11-28-20)25-16-5-6-19-17(12-16)18(13-24-19)14-7-9-26(10-8-14)22(27)15-3-4-15/h1-2,5-6,11-15,24H,3-4,7-10H2,(H2,23,25). The number of fused-ring (bicyclic) bond motifs is 1. The van der Waals surface area contributed by atoms with Crippen molar-refractivity contribution in [1.82, 2.24) is 9.88 Å². The lowest BCUT2D eigenvalue weighted by Gasteiger charge is -2.32. The van der Waals surface area contributed by atoms with Crippen LogP contribution in [-0.2, 0) is 4.79 Å². The van der Waals surface area contributed by atoms with E-state index in [9.17, 15) is 4.79 Å². The number of aliphatic imine (C=N–C) groups is 1. The number of rotatable bonds is 4. The molecular weight excluding hydrogens is 368 g/mol. The third-order valence-electron chi connectivity index (χ3n) is 5.89. The van der Waals surface area contributed by atoms with Crippen LogP contribution in [0.25, 0.3) is 10.9 Å². The number of nitrogens with zero attached hydrogens (tertiary/aromatic N) is 2. The molecule has 0 unspecified atom stereocenters. The van der Waals surface area contributed by atoms with Gasteiger partial charge in [-0.3, -0.25) is 4.79 Å². The Labute approximate surface area is 168 Å². The van der Waals surface area contributed by atoms with Crippen LogP contribution in [0.2, 0.25) is 0 Å². The molecule has 0 atom stereocenters. The normalized spacial score (nSPS) is 18.7. The van der Waals surface area contributed by atoms with Crippen LogP contribution in [0.4, 0.5) is 5.69 Å². The first kappa shape index (κ1) is 17.5.